The summed E-state index contributed by atoms with van der Waals surface area (Å²) in [5, 5.41) is 0.844. The number of H-pyrrole nitrogens is 1. The van der Waals surface area contributed by atoms with Gasteiger partial charge in [-0.05, 0) is 67.6 Å². The molecular formula is C19H20N2OS2. The Morgan fingerprint density at radius 1 is 1.25 bits per heavy atom. The molecule has 0 aliphatic heterocycles. The van der Waals surface area contributed by atoms with Crippen LogP contribution in [0.5, 0.6) is 0 Å². The van der Waals surface area contributed by atoms with Crippen LogP contribution in [0.3, 0.4) is 0 Å². The number of aromatic amines is 1. The molecule has 2 heterocycles. The number of unbranched alkanes of at least 4 members (excludes halogenated alkanes) is 1. The van der Waals surface area contributed by atoms with Gasteiger partial charge in [-0.2, -0.15) is 0 Å². The van der Waals surface area contributed by atoms with Crippen LogP contribution in [-0.4, -0.2) is 9.55 Å². The Bertz CT molecular complexity index is 1010. The van der Waals surface area contributed by atoms with E-state index in [0.717, 1.165) is 41.6 Å². The smallest absolute Gasteiger partial charge is 0.267 e. The minimum atomic E-state index is 0.0226. The first-order chi connectivity index (χ1) is 11.7. The third kappa shape index (κ3) is 2.56. The number of aromatic nitrogens is 2. The van der Waals surface area contributed by atoms with Gasteiger partial charge in [-0.3, -0.25) is 9.36 Å². The van der Waals surface area contributed by atoms with E-state index in [2.05, 4.69) is 24.0 Å². The first-order valence-electron chi connectivity index (χ1n) is 8.58. The zero-order valence-corrected chi connectivity index (χ0v) is 15.4. The van der Waals surface area contributed by atoms with Gasteiger partial charge in [0.25, 0.3) is 5.56 Å². The zero-order chi connectivity index (χ0) is 16.7. The molecule has 0 saturated carbocycles. The van der Waals surface area contributed by atoms with Crippen LogP contribution in [0.1, 0.15) is 42.2 Å². The van der Waals surface area contributed by atoms with Crippen molar-refractivity contribution in [2.45, 2.75) is 45.4 Å². The molecule has 3 aromatic rings. The van der Waals surface area contributed by atoms with E-state index in [-0.39, 0.29) is 5.56 Å². The molecule has 0 atom stereocenters. The van der Waals surface area contributed by atoms with E-state index in [1.54, 1.807) is 15.9 Å². The van der Waals surface area contributed by atoms with Gasteiger partial charge in [0, 0.05) is 4.88 Å². The Balaban J connectivity index is 1.84. The highest BCUT2D eigenvalue weighted by molar-refractivity contribution is 7.71. The molecule has 0 amide bonds. The van der Waals surface area contributed by atoms with Crippen LogP contribution < -0.4 is 5.56 Å². The SMILES string of the molecule is CCCCc1ccc(-n2c(=S)[nH]c3sc4c(c3c2=O)CCC4)cc1. The van der Waals surface area contributed by atoms with Gasteiger partial charge in [-0.25, -0.2) is 0 Å². The van der Waals surface area contributed by atoms with Gasteiger partial charge in [-0.15, -0.1) is 11.3 Å². The molecule has 3 nitrogen and oxygen atoms in total. The van der Waals surface area contributed by atoms with E-state index >= 15 is 0 Å². The summed E-state index contributed by atoms with van der Waals surface area (Å²) < 4.78 is 2.13. The fourth-order valence-electron chi connectivity index (χ4n) is 3.50. The van der Waals surface area contributed by atoms with Crippen molar-refractivity contribution in [3.8, 4) is 5.69 Å². The van der Waals surface area contributed by atoms with Gasteiger partial charge >= 0.3 is 0 Å². The van der Waals surface area contributed by atoms with Crippen molar-refractivity contribution in [2.24, 2.45) is 0 Å². The number of hydrogen-bond acceptors (Lipinski definition) is 3. The van der Waals surface area contributed by atoms with E-state index in [1.807, 2.05) is 12.1 Å². The molecule has 0 fully saturated rings. The van der Waals surface area contributed by atoms with Crippen LogP contribution in [0.4, 0.5) is 0 Å². The maximum Gasteiger partial charge on any atom is 0.267 e. The van der Waals surface area contributed by atoms with Crippen molar-refractivity contribution in [1.82, 2.24) is 9.55 Å². The second kappa shape index (κ2) is 6.30. The van der Waals surface area contributed by atoms with E-state index in [1.165, 1.54) is 28.8 Å². The van der Waals surface area contributed by atoms with Crippen molar-refractivity contribution in [1.29, 1.82) is 0 Å². The van der Waals surface area contributed by atoms with Gasteiger partial charge in [0.2, 0.25) is 0 Å². The van der Waals surface area contributed by atoms with Crippen LogP contribution in [0.2, 0.25) is 0 Å². The Morgan fingerprint density at radius 3 is 2.79 bits per heavy atom. The summed E-state index contributed by atoms with van der Waals surface area (Å²) in [6, 6.07) is 8.23. The van der Waals surface area contributed by atoms with Crippen molar-refractivity contribution in [3.05, 3.63) is 55.4 Å². The van der Waals surface area contributed by atoms with Crippen LogP contribution in [-0.2, 0) is 19.3 Å². The molecular weight excluding hydrogens is 336 g/mol. The van der Waals surface area contributed by atoms with Gasteiger partial charge in [-0.1, -0.05) is 25.5 Å². The predicted molar refractivity (Wildman–Crippen MR) is 103 cm³/mol. The second-order valence-corrected chi connectivity index (χ2v) is 7.89. The molecule has 124 valence electrons. The Kier molecular flexibility index (Phi) is 4.14. The maximum atomic E-state index is 13.1. The minimum absolute atomic E-state index is 0.0226. The molecule has 1 aliphatic carbocycles. The van der Waals surface area contributed by atoms with E-state index in [0.29, 0.717) is 4.77 Å². The topological polar surface area (TPSA) is 37.8 Å². The molecule has 0 unspecified atom stereocenters. The zero-order valence-electron chi connectivity index (χ0n) is 13.7. The minimum Gasteiger partial charge on any atom is -0.323 e. The van der Waals surface area contributed by atoms with Crippen LogP contribution >= 0.6 is 23.6 Å². The Hall–Kier alpha value is -1.72. The molecule has 1 N–H and O–H groups in total. The molecule has 2 aromatic heterocycles. The molecule has 24 heavy (non-hydrogen) atoms. The molecule has 0 spiro atoms. The summed E-state index contributed by atoms with van der Waals surface area (Å²) in [7, 11) is 0. The highest BCUT2D eigenvalue weighted by atomic mass is 32.1. The number of hydrogen-bond donors (Lipinski definition) is 1. The molecule has 5 heteroatoms. The van der Waals surface area contributed by atoms with Crippen molar-refractivity contribution >= 4 is 33.8 Å². The summed E-state index contributed by atoms with van der Waals surface area (Å²) in [4.78, 5) is 18.7. The van der Waals surface area contributed by atoms with E-state index < -0.39 is 0 Å². The first-order valence-corrected chi connectivity index (χ1v) is 9.80. The predicted octanol–water partition coefficient (Wildman–Crippen LogP) is 4.94. The van der Waals surface area contributed by atoms with Gasteiger partial charge in [0.1, 0.15) is 4.83 Å². The number of aryl methyl sites for hydroxylation is 3. The summed E-state index contributed by atoms with van der Waals surface area (Å²) in [5.41, 5.74) is 3.41. The van der Waals surface area contributed by atoms with E-state index in [4.69, 9.17) is 12.2 Å². The van der Waals surface area contributed by atoms with Crippen molar-refractivity contribution < 1.29 is 0 Å². The maximum absolute atomic E-state index is 13.1. The lowest BCUT2D eigenvalue weighted by atomic mass is 10.1. The third-order valence-electron chi connectivity index (χ3n) is 4.78. The van der Waals surface area contributed by atoms with E-state index in [9.17, 15) is 4.79 Å². The lowest BCUT2D eigenvalue weighted by molar-refractivity contribution is 0.794. The standard InChI is InChI=1S/C19H20N2OS2/c1-2-3-5-12-8-10-13(11-9-12)21-18(22)16-14-6-4-7-15(14)24-17(16)20-19(21)23/h8-11H,2-7H2,1H3,(H,20,23). The van der Waals surface area contributed by atoms with Crippen molar-refractivity contribution in [3.63, 3.8) is 0 Å². The molecule has 1 aliphatic rings. The number of nitrogens with one attached hydrogen (secondary N) is 1. The molecule has 1 aromatic carbocycles. The number of nitrogens with zero attached hydrogens (tertiary/aromatic N) is 1. The Morgan fingerprint density at radius 2 is 2.04 bits per heavy atom. The fraction of sp³-hybridized carbons (Fsp3) is 0.368. The first kappa shape index (κ1) is 15.8. The summed E-state index contributed by atoms with van der Waals surface area (Å²) in [5.74, 6) is 0. The van der Waals surface area contributed by atoms with Gasteiger partial charge < -0.3 is 4.98 Å². The lowest BCUT2D eigenvalue weighted by Gasteiger charge is -2.08. The number of benzene rings is 1. The lowest BCUT2D eigenvalue weighted by Crippen LogP contribution is -2.20. The van der Waals surface area contributed by atoms with Crippen LogP contribution in [0.25, 0.3) is 15.9 Å². The van der Waals surface area contributed by atoms with Crippen LogP contribution in [0.15, 0.2) is 29.1 Å². The largest absolute Gasteiger partial charge is 0.323 e. The van der Waals surface area contributed by atoms with Crippen LogP contribution in [0, 0.1) is 4.77 Å². The summed E-state index contributed by atoms with van der Waals surface area (Å²) in [6.45, 7) is 2.20. The second-order valence-electron chi connectivity index (χ2n) is 6.40. The van der Waals surface area contributed by atoms with Gasteiger partial charge in [0.15, 0.2) is 4.77 Å². The summed E-state index contributed by atoms with van der Waals surface area (Å²) >= 11 is 7.17. The highest BCUT2D eigenvalue weighted by Gasteiger charge is 2.21. The van der Waals surface area contributed by atoms with Gasteiger partial charge in [0.05, 0.1) is 11.1 Å². The number of thiophene rings is 1. The molecule has 0 radical (unpaired) electrons. The Labute approximate surface area is 150 Å². The number of rotatable bonds is 4. The summed E-state index contributed by atoms with van der Waals surface area (Å²) in [6.07, 6.45) is 6.69. The monoisotopic (exact) mass is 356 g/mol. The quantitative estimate of drug-likeness (QED) is 0.672. The third-order valence-corrected chi connectivity index (χ3v) is 6.27. The molecule has 4 rings (SSSR count). The highest BCUT2D eigenvalue weighted by Crippen LogP contribution is 2.34. The normalized spacial score (nSPS) is 13.5. The molecule has 0 saturated heterocycles. The average Bonchev–Trinajstić information content (AvgIpc) is 3.14. The molecule has 0 bridgehead atoms. The fourth-order valence-corrected chi connectivity index (χ4v) is 5.14. The average molecular weight is 357 g/mol. The number of fused-ring (bicyclic) bond motifs is 3. The van der Waals surface area contributed by atoms with Crippen molar-refractivity contribution in [2.75, 3.05) is 0 Å².